The molecule has 2 atom stereocenters. The van der Waals surface area contributed by atoms with E-state index < -0.39 is 43.9 Å². The average Bonchev–Trinajstić information content (AvgIpc) is 2.97. The molecule has 0 spiro atoms. The van der Waals surface area contributed by atoms with Crippen molar-refractivity contribution in [3.05, 3.63) is 95.1 Å². The van der Waals surface area contributed by atoms with Crippen molar-refractivity contribution in [1.29, 1.82) is 0 Å². The van der Waals surface area contributed by atoms with Crippen molar-refractivity contribution in [2.24, 2.45) is 0 Å². The Morgan fingerprint density at radius 2 is 1.00 bits per heavy atom. The standard InChI is InChI=1S/C31H38N4O6S2/c1-22-9-13-28(14-10-22)42(38,39)34-20-26-7-5-8-27(19-26)21-35(43(40,41)29-15-11-23(2)12-16-29)25(4)31(37)33-18-6-17-32-30(36)24(34)3/h5,7-16,19,24-25H,6,17-18,20-21H2,1-4H3,(H,32,36)(H,33,37)/t24-,25-/m0/s1. The molecule has 12 heteroatoms. The molecule has 0 saturated heterocycles. The van der Waals surface area contributed by atoms with E-state index in [-0.39, 0.29) is 36.0 Å². The van der Waals surface area contributed by atoms with E-state index in [1.165, 1.54) is 38.1 Å². The topological polar surface area (TPSA) is 133 Å². The van der Waals surface area contributed by atoms with Gasteiger partial charge in [-0.25, -0.2) is 16.8 Å². The first-order valence-electron chi connectivity index (χ1n) is 14.1. The van der Waals surface area contributed by atoms with Gasteiger partial charge >= 0.3 is 0 Å². The molecule has 2 bridgehead atoms. The highest BCUT2D eigenvalue weighted by atomic mass is 32.2. The molecule has 1 aliphatic rings. The lowest BCUT2D eigenvalue weighted by Crippen LogP contribution is -2.49. The normalized spacial score (nSPS) is 20.3. The van der Waals surface area contributed by atoms with E-state index in [0.29, 0.717) is 17.5 Å². The lowest BCUT2D eigenvalue weighted by Gasteiger charge is -2.30. The maximum atomic E-state index is 13.8. The Morgan fingerprint density at radius 1 is 0.628 bits per heavy atom. The molecule has 10 nitrogen and oxygen atoms in total. The largest absolute Gasteiger partial charge is 0.355 e. The number of aryl methyl sites for hydroxylation is 2. The van der Waals surface area contributed by atoms with Crippen molar-refractivity contribution < 1.29 is 26.4 Å². The van der Waals surface area contributed by atoms with Gasteiger partial charge in [-0.15, -0.1) is 0 Å². The van der Waals surface area contributed by atoms with Crippen LogP contribution in [-0.2, 0) is 42.7 Å². The van der Waals surface area contributed by atoms with Gasteiger partial charge in [-0.2, -0.15) is 8.61 Å². The fourth-order valence-corrected chi connectivity index (χ4v) is 7.97. The fraction of sp³-hybridized carbons (Fsp3) is 0.355. The first kappa shape index (κ1) is 32.3. The molecule has 0 saturated carbocycles. The van der Waals surface area contributed by atoms with Crippen LogP contribution in [0.2, 0.25) is 0 Å². The smallest absolute Gasteiger partial charge is 0.244 e. The molecule has 0 aliphatic carbocycles. The van der Waals surface area contributed by atoms with Gasteiger partial charge in [0.05, 0.1) is 9.79 Å². The summed E-state index contributed by atoms with van der Waals surface area (Å²) in [5, 5.41) is 5.53. The Kier molecular flexibility index (Phi) is 10.1. The minimum atomic E-state index is -4.09. The summed E-state index contributed by atoms with van der Waals surface area (Å²) in [7, 11) is -8.18. The van der Waals surface area contributed by atoms with Crippen LogP contribution in [0.3, 0.4) is 0 Å². The summed E-state index contributed by atoms with van der Waals surface area (Å²) in [6.45, 7) is 6.92. The molecule has 2 amide bonds. The van der Waals surface area contributed by atoms with Crippen LogP contribution in [0.15, 0.2) is 82.6 Å². The van der Waals surface area contributed by atoms with Crippen LogP contribution < -0.4 is 10.6 Å². The summed E-state index contributed by atoms with van der Waals surface area (Å²) >= 11 is 0. The maximum absolute atomic E-state index is 13.8. The van der Waals surface area contributed by atoms with Gasteiger partial charge in [0.15, 0.2) is 0 Å². The zero-order valence-corrected chi connectivity index (χ0v) is 26.4. The molecule has 0 fully saturated rings. The Labute approximate surface area is 254 Å². The minimum absolute atomic E-state index is 0.0650. The van der Waals surface area contributed by atoms with E-state index in [1.54, 1.807) is 48.5 Å². The number of rotatable bonds is 4. The quantitative estimate of drug-likeness (QED) is 0.458. The predicted molar refractivity (Wildman–Crippen MR) is 164 cm³/mol. The highest BCUT2D eigenvalue weighted by Gasteiger charge is 2.35. The number of nitrogens with one attached hydrogen (secondary N) is 2. The van der Waals surface area contributed by atoms with Gasteiger partial charge in [0.25, 0.3) is 0 Å². The van der Waals surface area contributed by atoms with Crippen molar-refractivity contribution in [2.75, 3.05) is 13.1 Å². The first-order valence-corrected chi connectivity index (χ1v) is 17.0. The van der Waals surface area contributed by atoms with Gasteiger partial charge in [0.2, 0.25) is 31.9 Å². The Bertz CT molecular complexity index is 1550. The maximum Gasteiger partial charge on any atom is 0.244 e. The molecule has 2 N–H and O–H groups in total. The lowest BCUT2D eigenvalue weighted by atomic mass is 10.1. The zero-order chi connectivity index (χ0) is 31.4. The summed E-state index contributed by atoms with van der Waals surface area (Å²) < 4.78 is 57.7. The number of amides is 2. The molecule has 0 aromatic heterocycles. The van der Waals surface area contributed by atoms with Crippen LogP contribution in [0.4, 0.5) is 0 Å². The zero-order valence-electron chi connectivity index (χ0n) is 24.8. The number of fused-ring (bicyclic) bond motifs is 2. The third-order valence-corrected chi connectivity index (χ3v) is 11.4. The highest BCUT2D eigenvalue weighted by Crippen LogP contribution is 2.25. The Balaban J connectivity index is 1.77. The molecule has 4 rings (SSSR count). The number of nitrogens with zero attached hydrogens (tertiary/aromatic N) is 2. The second kappa shape index (κ2) is 13.4. The van der Waals surface area contributed by atoms with E-state index in [4.69, 9.17) is 0 Å². The molecule has 0 unspecified atom stereocenters. The molecular weight excluding hydrogens is 588 g/mol. The number of hydrogen-bond acceptors (Lipinski definition) is 6. The van der Waals surface area contributed by atoms with Crippen molar-refractivity contribution in [2.45, 2.75) is 69.1 Å². The van der Waals surface area contributed by atoms with Crippen LogP contribution in [0.25, 0.3) is 0 Å². The van der Waals surface area contributed by atoms with Gasteiger partial charge < -0.3 is 10.6 Å². The molecule has 43 heavy (non-hydrogen) atoms. The van der Waals surface area contributed by atoms with Crippen LogP contribution in [0.5, 0.6) is 0 Å². The van der Waals surface area contributed by atoms with E-state index >= 15 is 0 Å². The van der Waals surface area contributed by atoms with E-state index in [1.807, 2.05) is 13.8 Å². The molecule has 3 aromatic rings. The van der Waals surface area contributed by atoms with E-state index in [2.05, 4.69) is 10.6 Å². The van der Waals surface area contributed by atoms with Gasteiger partial charge in [-0.05, 0) is 69.5 Å². The van der Waals surface area contributed by atoms with Crippen LogP contribution in [-0.4, -0.2) is 62.4 Å². The Morgan fingerprint density at radius 3 is 1.37 bits per heavy atom. The summed E-state index contributed by atoms with van der Waals surface area (Å²) in [5.74, 6) is -0.928. The molecule has 3 aromatic carbocycles. The molecule has 230 valence electrons. The van der Waals surface area contributed by atoms with Gasteiger partial charge in [-0.3, -0.25) is 9.59 Å². The lowest BCUT2D eigenvalue weighted by molar-refractivity contribution is -0.124. The van der Waals surface area contributed by atoms with E-state index in [9.17, 15) is 26.4 Å². The van der Waals surface area contributed by atoms with Gasteiger partial charge in [-0.1, -0.05) is 59.7 Å². The second-order valence-corrected chi connectivity index (χ2v) is 14.6. The molecular formula is C31H38N4O6S2. The third kappa shape index (κ3) is 7.50. The van der Waals surface area contributed by atoms with Crippen molar-refractivity contribution in [1.82, 2.24) is 19.2 Å². The third-order valence-electron chi connectivity index (χ3n) is 7.50. The predicted octanol–water partition coefficient (Wildman–Crippen LogP) is 3.10. The SMILES string of the molecule is Cc1ccc(S(=O)(=O)N2Cc3cccc(c3)CN(S(=O)(=O)c3ccc(C)cc3)[C@@H](C)C(=O)NCCCNC(=O)[C@@H]2C)cc1. The summed E-state index contributed by atoms with van der Waals surface area (Å²) in [6.07, 6.45) is 0.366. The summed E-state index contributed by atoms with van der Waals surface area (Å²) in [5.41, 5.74) is 2.92. The van der Waals surface area contributed by atoms with Gasteiger partial charge in [0.1, 0.15) is 12.1 Å². The first-order chi connectivity index (χ1) is 20.3. The molecule has 1 heterocycles. The summed E-state index contributed by atoms with van der Waals surface area (Å²) in [4.78, 5) is 26.4. The number of benzene rings is 3. The average molecular weight is 627 g/mol. The highest BCUT2D eigenvalue weighted by molar-refractivity contribution is 7.89. The number of carbonyl (C=O) groups is 2. The van der Waals surface area contributed by atoms with Crippen molar-refractivity contribution in [3.63, 3.8) is 0 Å². The Hall–Kier alpha value is -3.58. The van der Waals surface area contributed by atoms with Crippen molar-refractivity contribution >= 4 is 31.9 Å². The molecule has 0 radical (unpaired) electrons. The molecule has 1 aliphatic heterocycles. The van der Waals surface area contributed by atoms with E-state index in [0.717, 1.165) is 19.7 Å². The van der Waals surface area contributed by atoms with Crippen LogP contribution >= 0.6 is 0 Å². The fourth-order valence-electron chi connectivity index (χ4n) is 4.81. The second-order valence-electron chi connectivity index (χ2n) is 10.8. The van der Waals surface area contributed by atoms with Crippen LogP contribution in [0, 0.1) is 13.8 Å². The number of carbonyl (C=O) groups excluding carboxylic acids is 2. The number of sulfonamides is 2. The summed E-state index contributed by atoms with van der Waals surface area (Å²) in [6, 6.07) is 17.6. The minimum Gasteiger partial charge on any atom is -0.355 e. The monoisotopic (exact) mass is 626 g/mol. The number of hydrogen-bond donors (Lipinski definition) is 2. The van der Waals surface area contributed by atoms with Gasteiger partial charge in [0, 0.05) is 26.2 Å². The van der Waals surface area contributed by atoms with Crippen LogP contribution in [0.1, 0.15) is 42.5 Å². The van der Waals surface area contributed by atoms with Crippen molar-refractivity contribution in [3.8, 4) is 0 Å².